The summed E-state index contributed by atoms with van der Waals surface area (Å²) in [5.41, 5.74) is 1.77. The quantitative estimate of drug-likeness (QED) is 0.755. The van der Waals surface area contributed by atoms with E-state index < -0.39 is 5.97 Å². The van der Waals surface area contributed by atoms with Gasteiger partial charge in [0.2, 0.25) is 0 Å². The number of carbonyl (C=O) groups excluding carboxylic acids is 2. The Morgan fingerprint density at radius 2 is 1.64 bits per heavy atom. The smallest absolute Gasteiger partial charge is 0.337 e. The standard InChI is InChI=1S/C19H21NO5/c1-20(12-13-6-5-7-15(10-13)19(22)25-4)18(21)14-8-9-16(23-2)17(11-14)24-3/h5-11H,12H2,1-4H3. The van der Waals surface area contributed by atoms with E-state index in [2.05, 4.69) is 0 Å². The number of methoxy groups -OCH3 is 3. The van der Waals surface area contributed by atoms with Crippen LogP contribution in [0.2, 0.25) is 0 Å². The maximum absolute atomic E-state index is 12.6. The number of ether oxygens (including phenoxy) is 3. The van der Waals surface area contributed by atoms with Gasteiger partial charge in [-0.05, 0) is 35.9 Å². The fraction of sp³-hybridized carbons (Fsp3) is 0.263. The highest BCUT2D eigenvalue weighted by Gasteiger charge is 2.15. The van der Waals surface area contributed by atoms with Crippen LogP contribution in [0.3, 0.4) is 0 Å². The molecular weight excluding hydrogens is 322 g/mol. The molecule has 0 radical (unpaired) electrons. The van der Waals surface area contributed by atoms with Crippen molar-refractivity contribution in [1.82, 2.24) is 4.90 Å². The van der Waals surface area contributed by atoms with Crippen LogP contribution in [0.15, 0.2) is 42.5 Å². The minimum atomic E-state index is -0.407. The SMILES string of the molecule is COC(=O)c1cccc(CN(C)C(=O)c2ccc(OC)c(OC)c2)c1. The molecule has 0 heterocycles. The zero-order chi connectivity index (χ0) is 18.4. The molecule has 0 atom stereocenters. The predicted octanol–water partition coefficient (Wildman–Crippen LogP) is 2.76. The Morgan fingerprint density at radius 1 is 0.920 bits per heavy atom. The van der Waals surface area contributed by atoms with Gasteiger partial charge in [0.1, 0.15) is 0 Å². The van der Waals surface area contributed by atoms with Gasteiger partial charge in [-0.3, -0.25) is 4.79 Å². The highest BCUT2D eigenvalue weighted by atomic mass is 16.5. The molecule has 0 aliphatic rings. The van der Waals surface area contributed by atoms with Gasteiger partial charge < -0.3 is 19.1 Å². The minimum absolute atomic E-state index is 0.163. The molecule has 0 fully saturated rings. The molecule has 6 nitrogen and oxygen atoms in total. The molecule has 0 aromatic heterocycles. The lowest BCUT2D eigenvalue weighted by Gasteiger charge is -2.18. The Bertz CT molecular complexity index is 772. The maximum atomic E-state index is 12.6. The summed E-state index contributed by atoms with van der Waals surface area (Å²) in [7, 11) is 6.10. The number of amides is 1. The summed E-state index contributed by atoms with van der Waals surface area (Å²) >= 11 is 0. The Morgan fingerprint density at radius 3 is 2.28 bits per heavy atom. The number of carbonyl (C=O) groups is 2. The van der Waals surface area contributed by atoms with E-state index in [4.69, 9.17) is 14.2 Å². The second-order valence-corrected chi connectivity index (χ2v) is 5.42. The van der Waals surface area contributed by atoms with Crippen LogP contribution in [0.1, 0.15) is 26.3 Å². The molecule has 0 aliphatic carbocycles. The Balaban J connectivity index is 2.17. The van der Waals surface area contributed by atoms with Crippen molar-refractivity contribution in [2.45, 2.75) is 6.54 Å². The lowest BCUT2D eigenvalue weighted by Crippen LogP contribution is -2.26. The van der Waals surface area contributed by atoms with Crippen LogP contribution in [-0.4, -0.2) is 45.2 Å². The third-order valence-corrected chi connectivity index (χ3v) is 3.75. The molecule has 0 N–H and O–H groups in total. The van der Waals surface area contributed by atoms with Crippen molar-refractivity contribution >= 4 is 11.9 Å². The predicted molar refractivity (Wildman–Crippen MR) is 93.1 cm³/mol. The van der Waals surface area contributed by atoms with E-state index in [0.29, 0.717) is 29.2 Å². The minimum Gasteiger partial charge on any atom is -0.493 e. The maximum Gasteiger partial charge on any atom is 0.337 e. The highest BCUT2D eigenvalue weighted by Crippen LogP contribution is 2.28. The van der Waals surface area contributed by atoms with Gasteiger partial charge >= 0.3 is 5.97 Å². The molecule has 0 bridgehead atoms. The number of benzene rings is 2. The Kier molecular flexibility index (Phi) is 6.00. The summed E-state index contributed by atoms with van der Waals surface area (Å²) in [5.74, 6) is 0.488. The van der Waals surface area contributed by atoms with E-state index in [1.54, 1.807) is 55.5 Å². The van der Waals surface area contributed by atoms with Crippen molar-refractivity contribution in [2.75, 3.05) is 28.4 Å². The summed E-state index contributed by atoms with van der Waals surface area (Å²) in [5, 5.41) is 0. The summed E-state index contributed by atoms with van der Waals surface area (Å²) in [6.45, 7) is 0.359. The van der Waals surface area contributed by atoms with E-state index in [1.165, 1.54) is 14.2 Å². The molecule has 0 spiro atoms. The molecule has 6 heteroatoms. The summed E-state index contributed by atoms with van der Waals surface area (Å²) < 4.78 is 15.1. The van der Waals surface area contributed by atoms with Crippen LogP contribution < -0.4 is 9.47 Å². The Hall–Kier alpha value is -3.02. The molecule has 1 amide bonds. The first-order valence-corrected chi connectivity index (χ1v) is 7.65. The monoisotopic (exact) mass is 343 g/mol. The third kappa shape index (κ3) is 4.29. The molecule has 2 rings (SSSR count). The molecule has 25 heavy (non-hydrogen) atoms. The van der Waals surface area contributed by atoms with Gasteiger partial charge in [0.15, 0.2) is 11.5 Å². The average Bonchev–Trinajstić information content (AvgIpc) is 2.66. The lowest BCUT2D eigenvalue weighted by molar-refractivity contribution is 0.0600. The van der Waals surface area contributed by atoms with Gasteiger partial charge in [-0.1, -0.05) is 12.1 Å². The summed E-state index contributed by atoms with van der Waals surface area (Å²) in [6.07, 6.45) is 0. The summed E-state index contributed by atoms with van der Waals surface area (Å²) in [6, 6.07) is 12.0. The van der Waals surface area contributed by atoms with Crippen molar-refractivity contribution in [3.05, 3.63) is 59.2 Å². The van der Waals surface area contributed by atoms with Crippen molar-refractivity contribution < 1.29 is 23.8 Å². The zero-order valence-corrected chi connectivity index (χ0v) is 14.7. The first-order valence-electron chi connectivity index (χ1n) is 7.65. The van der Waals surface area contributed by atoms with Crippen LogP contribution in [0.25, 0.3) is 0 Å². The normalized spacial score (nSPS) is 10.1. The van der Waals surface area contributed by atoms with Crippen LogP contribution in [0.4, 0.5) is 0 Å². The van der Waals surface area contributed by atoms with E-state index in [-0.39, 0.29) is 5.91 Å². The first kappa shape index (κ1) is 18.3. The molecular formula is C19H21NO5. The average molecular weight is 343 g/mol. The molecule has 2 aromatic carbocycles. The lowest BCUT2D eigenvalue weighted by atomic mass is 10.1. The highest BCUT2D eigenvalue weighted by molar-refractivity contribution is 5.95. The second kappa shape index (κ2) is 8.19. The van der Waals surface area contributed by atoms with Crippen LogP contribution in [0, 0.1) is 0 Å². The van der Waals surface area contributed by atoms with Gasteiger partial charge in [-0.2, -0.15) is 0 Å². The van der Waals surface area contributed by atoms with Gasteiger partial charge in [0.05, 0.1) is 26.9 Å². The molecule has 0 aliphatic heterocycles. The fourth-order valence-corrected chi connectivity index (χ4v) is 2.45. The second-order valence-electron chi connectivity index (χ2n) is 5.42. The van der Waals surface area contributed by atoms with E-state index in [9.17, 15) is 9.59 Å². The van der Waals surface area contributed by atoms with Gasteiger partial charge in [0.25, 0.3) is 5.91 Å². The molecule has 2 aromatic rings. The zero-order valence-electron chi connectivity index (χ0n) is 14.7. The number of nitrogens with zero attached hydrogens (tertiary/aromatic N) is 1. The first-order chi connectivity index (χ1) is 12.0. The molecule has 0 saturated heterocycles. The van der Waals surface area contributed by atoms with Crippen molar-refractivity contribution in [1.29, 1.82) is 0 Å². The largest absolute Gasteiger partial charge is 0.493 e. The van der Waals surface area contributed by atoms with Crippen LogP contribution in [0.5, 0.6) is 11.5 Å². The van der Waals surface area contributed by atoms with Crippen LogP contribution in [-0.2, 0) is 11.3 Å². The number of esters is 1. The van der Waals surface area contributed by atoms with Crippen molar-refractivity contribution in [3.63, 3.8) is 0 Å². The molecule has 132 valence electrons. The topological polar surface area (TPSA) is 65.1 Å². The number of hydrogen-bond acceptors (Lipinski definition) is 5. The van der Waals surface area contributed by atoms with Gasteiger partial charge in [-0.25, -0.2) is 4.79 Å². The Labute approximate surface area is 146 Å². The summed E-state index contributed by atoms with van der Waals surface area (Å²) in [4.78, 5) is 25.8. The third-order valence-electron chi connectivity index (χ3n) is 3.75. The van der Waals surface area contributed by atoms with Crippen LogP contribution >= 0.6 is 0 Å². The molecule has 0 saturated carbocycles. The fourth-order valence-electron chi connectivity index (χ4n) is 2.45. The van der Waals surface area contributed by atoms with Gasteiger partial charge in [0, 0.05) is 19.2 Å². The van der Waals surface area contributed by atoms with E-state index in [0.717, 1.165) is 5.56 Å². The number of rotatable bonds is 6. The van der Waals surface area contributed by atoms with E-state index in [1.807, 2.05) is 6.07 Å². The number of hydrogen-bond donors (Lipinski definition) is 0. The van der Waals surface area contributed by atoms with E-state index >= 15 is 0 Å². The van der Waals surface area contributed by atoms with Gasteiger partial charge in [-0.15, -0.1) is 0 Å². The molecule has 0 unspecified atom stereocenters. The van der Waals surface area contributed by atoms with Crippen molar-refractivity contribution in [2.24, 2.45) is 0 Å². The van der Waals surface area contributed by atoms with Crippen molar-refractivity contribution in [3.8, 4) is 11.5 Å².